The lowest BCUT2D eigenvalue weighted by molar-refractivity contribution is -0.385. The number of nitro benzene ring substituents is 1. The second-order valence-electron chi connectivity index (χ2n) is 2.81. The summed E-state index contributed by atoms with van der Waals surface area (Å²) < 4.78 is 0. The molecule has 1 rings (SSSR count). The fourth-order valence-electron chi connectivity index (χ4n) is 1.09. The first-order valence-corrected chi connectivity index (χ1v) is 4.27. The van der Waals surface area contributed by atoms with Crippen LogP contribution in [0.25, 0.3) is 0 Å². The van der Waals surface area contributed by atoms with Crippen molar-refractivity contribution in [1.82, 2.24) is 5.32 Å². The molecule has 0 fully saturated rings. The zero-order valence-electron chi connectivity index (χ0n) is 7.97. The summed E-state index contributed by atoms with van der Waals surface area (Å²) in [5.74, 6) is -0.354. The summed E-state index contributed by atoms with van der Waals surface area (Å²) in [5.41, 5.74) is 0.472. The third kappa shape index (κ3) is 2.91. The standard InChI is InChI=1S/C10H10N2O3/c1-2-10(13)11-7-8-5-3-4-6-9(8)12(14)15/h2-6H,1,7H2,(H,11,13). The van der Waals surface area contributed by atoms with Gasteiger partial charge in [0.2, 0.25) is 5.91 Å². The molecule has 5 nitrogen and oxygen atoms in total. The van der Waals surface area contributed by atoms with Gasteiger partial charge in [-0.15, -0.1) is 0 Å². The first kappa shape index (κ1) is 10.9. The number of para-hydroxylation sites is 1. The lowest BCUT2D eigenvalue weighted by Crippen LogP contribution is -2.20. The summed E-state index contributed by atoms with van der Waals surface area (Å²) in [6, 6.07) is 6.26. The Labute approximate surface area is 86.6 Å². The predicted molar refractivity (Wildman–Crippen MR) is 55.1 cm³/mol. The van der Waals surface area contributed by atoms with Gasteiger partial charge in [0, 0.05) is 18.2 Å². The zero-order chi connectivity index (χ0) is 11.3. The topological polar surface area (TPSA) is 72.2 Å². The lowest BCUT2D eigenvalue weighted by atomic mass is 10.2. The van der Waals surface area contributed by atoms with Gasteiger partial charge in [-0.05, 0) is 6.08 Å². The van der Waals surface area contributed by atoms with Gasteiger partial charge >= 0.3 is 0 Å². The lowest BCUT2D eigenvalue weighted by Gasteiger charge is -2.02. The molecule has 0 unspecified atom stereocenters. The molecule has 0 aliphatic carbocycles. The van der Waals surface area contributed by atoms with E-state index in [2.05, 4.69) is 11.9 Å². The van der Waals surface area contributed by atoms with Crippen LogP contribution < -0.4 is 5.32 Å². The monoisotopic (exact) mass is 206 g/mol. The van der Waals surface area contributed by atoms with E-state index in [1.165, 1.54) is 6.07 Å². The molecule has 0 spiro atoms. The van der Waals surface area contributed by atoms with Gasteiger partial charge in [-0.3, -0.25) is 14.9 Å². The van der Waals surface area contributed by atoms with Gasteiger partial charge in [-0.1, -0.05) is 24.8 Å². The summed E-state index contributed by atoms with van der Waals surface area (Å²) in [6.45, 7) is 3.41. The summed E-state index contributed by atoms with van der Waals surface area (Å²) in [7, 11) is 0. The van der Waals surface area contributed by atoms with Crippen LogP contribution in [0.2, 0.25) is 0 Å². The minimum absolute atomic E-state index is 0.00172. The smallest absolute Gasteiger partial charge is 0.274 e. The van der Waals surface area contributed by atoms with E-state index in [0.29, 0.717) is 5.56 Å². The third-order valence-corrected chi connectivity index (χ3v) is 1.83. The van der Waals surface area contributed by atoms with E-state index in [9.17, 15) is 14.9 Å². The van der Waals surface area contributed by atoms with Gasteiger partial charge in [-0.2, -0.15) is 0 Å². The van der Waals surface area contributed by atoms with Crippen LogP contribution in [0, 0.1) is 10.1 Å². The van der Waals surface area contributed by atoms with Crippen molar-refractivity contribution in [2.24, 2.45) is 0 Å². The highest BCUT2D eigenvalue weighted by Crippen LogP contribution is 2.16. The second kappa shape index (κ2) is 4.90. The molecule has 0 aliphatic heterocycles. The SMILES string of the molecule is C=CC(=O)NCc1ccccc1[N+](=O)[O-]. The van der Waals surface area contributed by atoms with E-state index in [4.69, 9.17) is 0 Å². The highest BCUT2D eigenvalue weighted by molar-refractivity contribution is 5.86. The Hall–Kier alpha value is -2.17. The molecule has 0 aliphatic rings. The summed E-state index contributed by atoms with van der Waals surface area (Å²) in [4.78, 5) is 21.0. The molecular formula is C10H10N2O3. The minimum atomic E-state index is -0.477. The molecule has 5 heteroatoms. The fraction of sp³-hybridized carbons (Fsp3) is 0.100. The molecule has 0 atom stereocenters. The number of rotatable bonds is 4. The number of carbonyl (C=O) groups is 1. The van der Waals surface area contributed by atoms with Gasteiger partial charge in [0.15, 0.2) is 0 Å². The van der Waals surface area contributed by atoms with Crippen molar-refractivity contribution in [3.05, 3.63) is 52.6 Å². The maximum atomic E-state index is 10.9. The Morgan fingerprint density at radius 2 is 2.20 bits per heavy atom. The molecule has 0 saturated carbocycles. The van der Waals surface area contributed by atoms with Crippen LogP contribution in [0.15, 0.2) is 36.9 Å². The Kier molecular flexibility index (Phi) is 3.56. The van der Waals surface area contributed by atoms with E-state index < -0.39 is 4.92 Å². The molecule has 1 amide bonds. The van der Waals surface area contributed by atoms with E-state index in [1.54, 1.807) is 18.2 Å². The van der Waals surface area contributed by atoms with E-state index in [0.717, 1.165) is 6.08 Å². The average molecular weight is 206 g/mol. The van der Waals surface area contributed by atoms with Gasteiger partial charge in [0.05, 0.1) is 4.92 Å². The number of nitrogens with one attached hydrogen (secondary N) is 1. The minimum Gasteiger partial charge on any atom is -0.348 e. The molecule has 1 aromatic carbocycles. The Bertz CT molecular complexity index is 401. The third-order valence-electron chi connectivity index (χ3n) is 1.83. The van der Waals surface area contributed by atoms with Crippen LogP contribution in [0.1, 0.15) is 5.56 Å². The van der Waals surface area contributed by atoms with Crippen LogP contribution in [0.5, 0.6) is 0 Å². The van der Waals surface area contributed by atoms with Gasteiger partial charge in [-0.25, -0.2) is 0 Å². The van der Waals surface area contributed by atoms with Crippen LogP contribution in [0.4, 0.5) is 5.69 Å². The first-order valence-electron chi connectivity index (χ1n) is 4.27. The number of benzene rings is 1. The predicted octanol–water partition coefficient (Wildman–Crippen LogP) is 1.40. The average Bonchev–Trinajstić information content (AvgIpc) is 2.26. The van der Waals surface area contributed by atoms with Gasteiger partial charge in [0.1, 0.15) is 0 Å². The molecule has 1 N–H and O–H groups in total. The number of carbonyl (C=O) groups excluding carboxylic acids is 1. The Morgan fingerprint density at radius 3 is 2.80 bits per heavy atom. The zero-order valence-corrected chi connectivity index (χ0v) is 7.97. The molecule has 78 valence electrons. The molecule has 15 heavy (non-hydrogen) atoms. The number of nitro groups is 1. The van der Waals surface area contributed by atoms with Crippen molar-refractivity contribution in [2.75, 3.05) is 0 Å². The highest BCUT2D eigenvalue weighted by Gasteiger charge is 2.11. The van der Waals surface area contributed by atoms with Crippen molar-refractivity contribution in [2.45, 2.75) is 6.54 Å². The number of amides is 1. The van der Waals surface area contributed by atoms with Gasteiger partial charge in [0.25, 0.3) is 5.69 Å². The summed E-state index contributed by atoms with van der Waals surface area (Å²) in [5, 5.41) is 13.1. The quantitative estimate of drug-likeness (QED) is 0.459. The molecule has 0 radical (unpaired) electrons. The molecule has 1 aromatic rings. The maximum Gasteiger partial charge on any atom is 0.274 e. The largest absolute Gasteiger partial charge is 0.348 e. The molecule has 0 heterocycles. The fourth-order valence-corrected chi connectivity index (χ4v) is 1.09. The molecule has 0 bridgehead atoms. The van der Waals surface area contributed by atoms with Crippen molar-refractivity contribution in [1.29, 1.82) is 0 Å². The van der Waals surface area contributed by atoms with Crippen LogP contribution in [0.3, 0.4) is 0 Å². The van der Waals surface area contributed by atoms with Crippen molar-refractivity contribution < 1.29 is 9.72 Å². The Balaban J connectivity index is 2.80. The van der Waals surface area contributed by atoms with Crippen LogP contribution in [-0.4, -0.2) is 10.8 Å². The summed E-state index contributed by atoms with van der Waals surface area (Å²) in [6.07, 6.45) is 1.12. The van der Waals surface area contributed by atoms with Crippen LogP contribution in [-0.2, 0) is 11.3 Å². The number of nitrogens with zero attached hydrogens (tertiary/aromatic N) is 1. The molecule has 0 aromatic heterocycles. The highest BCUT2D eigenvalue weighted by atomic mass is 16.6. The Morgan fingerprint density at radius 1 is 1.53 bits per heavy atom. The van der Waals surface area contributed by atoms with E-state index in [-0.39, 0.29) is 18.1 Å². The van der Waals surface area contributed by atoms with Gasteiger partial charge < -0.3 is 5.32 Å². The maximum absolute atomic E-state index is 10.9. The first-order chi connectivity index (χ1) is 7.15. The number of hydrogen-bond acceptors (Lipinski definition) is 3. The molecule has 0 saturated heterocycles. The summed E-state index contributed by atoms with van der Waals surface area (Å²) >= 11 is 0. The van der Waals surface area contributed by atoms with Crippen molar-refractivity contribution in [3.8, 4) is 0 Å². The molecular weight excluding hydrogens is 196 g/mol. The van der Waals surface area contributed by atoms with E-state index >= 15 is 0 Å². The second-order valence-corrected chi connectivity index (χ2v) is 2.81. The van der Waals surface area contributed by atoms with Crippen LogP contribution >= 0.6 is 0 Å². The normalized spacial score (nSPS) is 9.33. The van der Waals surface area contributed by atoms with Crippen molar-refractivity contribution in [3.63, 3.8) is 0 Å². The number of hydrogen-bond donors (Lipinski definition) is 1. The van der Waals surface area contributed by atoms with E-state index in [1.807, 2.05) is 0 Å². The van der Waals surface area contributed by atoms with Crippen molar-refractivity contribution >= 4 is 11.6 Å².